The van der Waals surface area contributed by atoms with Gasteiger partial charge in [-0.2, -0.15) is 0 Å². The topological polar surface area (TPSA) is 87.2 Å². The molecule has 0 aromatic rings. The lowest BCUT2D eigenvalue weighted by Gasteiger charge is -2.34. The Balaban J connectivity index is 2.89. The maximum Gasteiger partial charge on any atom is 0.327 e. The highest BCUT2D eigenvalue weighted by molar-refractivity contribution is 8.00. The normalized spacial score (nSPS) is 21.5. The third-order valence-electron chi connectivity index (χ3n) is 3.20. The number of hydrogen-bond acceptors (Lipinski definition) is 5. The van der Waals surface area contributed by atoms with E-state index in [0.29, 0.717) is 5.75 Å². The van der Waals surface area contributed by atoms with Gasteiger partial charge in [0.1, 0.15) is 12.6 Å². The van der Waals surface area contributed by atoms with Crippen LogP contribution in [0.4, 0.5) is 4.79 Å². The predicted octanol–water partition coefficient (Wildman–Crippen LogP) is 1.23. The van der Waals surface area contributed by atoms with E-state index in [9.17, 15) is 19.5 Å². The van der Waals surface area contributed by atoms with E-state index in [1.807, 2.05) is 0 Å². The van der Waals surface area contributed by atoms with Crippen LogP contribution in [0.5, 0.6) is 0 Å². The van der Waals surface area contributed by atoms with Crippen molar-refractivity contribution in [1.82, 2.24) is 9.80 Å². The molecule has 21 heavy (non-hydrogen) atoms. The lowest BCUT2D eigenvalue weighted by atomic mass is 10.2. The van der Waals surface area contributed by atoms with Crippen molar-refractivity contribution in [2.45, 2.75) is 45.2 Å². The fourth-order valence-corrected chi connectivity index (χ4v) is 3.25. The Morgan fingerprint density at radius 3 is 2.52 bits per heavy atom. The highest BCUT2D eigenvalue weighted by atomic mass is 32.2. The molecule has 1 N–H and O–H groups in total. The van der Waals surface area contributed by atoms with Gasteiger partial charge in [0, 0.05) is 11.8 Å². The van der Waals surface area contributed by atoms with E-state index in [1.165, 1.54) is 21.6 Å². The van der Waals surface area contributed by atoms with Crippen molar-refractivity contribution < 1.29 is 24.2 Å². The van der Waals surface area contributed by atoms with Crippen LogP contribution >= 0.6 is 11.8 Å². The maximum absolute atomic E-state index is 12.6. The molecule has 8 heteroatoms. The fourth-order valence-electron chi connectivity index (χ4n) is 2.09. The maximum atomic E-state index is 12.6. The van der Waals surface area contributed by atoms with Gasteiger partial charge in [0.2, 0.25) is 0 Å². The zero-order valence-corrected chi connectivity index (χ0v) is 13.6. The van der Waals surface area contributed by atoms with E-state index in [-0.39, 0.29) is 24.6 Å². The Morgan fingerprint density at radius 1 is 1.43 bits per heavy atom. The van der Waals surface area contributed by atoms with Crippen molar-refractivity contribution in [1.29, 1.82) is 0 Å². The van der Waals surface area contributed by atoms with Crippen LogP contribution in [0.1, 0.15) is 27.7 Å². The summed E-state index contributed by atoms with van der Waals surface area (Å²) in [6, 6.07) is -1.53. The Labute approximate surface area is 128 Å². The average molecular weight is 318 g/mol. The summed E-state index contributed by atoms with van der Waals surface area (Å²) >= 11 is 1.41. The fraction of sp³-hybridized carbons (Fsp3) is 0.769. The summed E-state index contributed by atoms with van der Waals surface area (Å²) in [4.78, 5) is 38.2. The van der Waals surface area contributed by atoms with Crippen LogP contribution in [-0.4, -0.2) is 69.2 Å². The first-order valence-corrected chi connectivity index (χ1v) is 7.93. The van der Waals surface area contributed by atoms with Crippen LogP contribution in [0.15, 0.2) is 0 Å². The molecular formula is C13H22N2O5S. The number of aliphatic carboxylic acids is 1. The number of nitrogens with zero attached hydrogens (tertiary/aromatic N) is 2. The Bertz CT molecular complexity index is 415. The number of thioether (sulfide) groups is 1. The van der Waals surface area contributed by atoms with Gasteiger partial charge in [0.25, 0.3) is 0 Å². The molecule has 1 aliphatic rings. The van der Waals surface area contributed by atoms with Gasteiger partial charge in [0.15, 0.2) is 0 Å². The molecule has 2 amide bonds. The molecule has 0 radical (unpaired) electrons. The van der Waals surface area contributed by atoms with Crippen LogP contribution < -0.4 is 0 Å². The number of carbonyl (C=O) groups excluding carboxylic acids is 2. The van der Waals surface area contributed by atoms with E-state index in [0.717, 1.165) is 0 Å². The summed E-state index contributed by atoms with van der Waals surface area (Å²) in [5.74, 6) is -1.17. The van der Waals surface area contributed by atoms with E-state index < -0.39 is 24.0 Å². The number of carbonyl (C=O) groups is 3. The van der Waals surface area contributed by atoms with E-state index in [4.69, 9.17) is 4.74 Å². The second-order valence-corrected chi connectivity index (χ2v) is 6.35. The van der Waals surface area contributed by atoms with Crippen molar-refractivity contribution in [2.24, 2.45) is 0 Å². The van der Waals surface area contributed by atoms with Gasteiger partial charge in [-0.05, 0) is 27.7 Å². The Hall–Kier alpha value is -1.44. The van der Waals surface area contributed by atoms with Gasteiger partial charge in [-0.15, -0.1) is 11.8 Å². The molecule has 2 atom stereocenters. The third-order valence-corrected chi connectivity index (χ3v) is 4.42. The molecule has 0 bridgehead atoms. The minimum absolute atomic E-state index is 0.176. The molecule has 1 heterocycles. The van der Waals surface area contributed by atoms with Gasteiger partial charge >= 0.3 is 18.0 Å². The number of amides is 2. The van der Waals surface area contributed by atoms with Gasteiger partial charge in [0.05, 0.1) is 12.0 Å². The predicted molar refractivity (Wildman–Crippen MR) is 79.1 cm³/mol. The molecule has 0 aromatic carbocycles. The largest absolute Gasteiger partial charge is 0.480 e. The SMILES string of the molecule is CCOC(=O)CN(C(=O)N1C(C)SCC1C(=O)O)C(C)C. The number of hydrogen-bond donors (Lipinski definition) is 1. The monoisotopic (exact) mass is 318 g/mol. The molecule has 0 aromatic heterocycles. The van der Waals surface area contributed by atoms with E-state index in [1.54, 1.807) is 27.7 Å². The summed E-state index contributed by atoms with van der Waals surface area (Å²) in [5, 5.41) is 8.99. The lowest BCUT2D eigenvalue weighted by Crippen LogP contribution is -2.54. The van der Waals surface area contributed by atoms with Gasteiger partial charge < -0.3 is 14.7 Å². The van der Waals surface area contributed by atoms with Gasteiger partial charge in [-0.3, -0.25) is 9.69 Å². The molecule has 0 saturated carbocycles. The second-order valence-electron chi connectivity index (χ2n) is 5.00. The van der Waals surface area contributed by atoms with Crippen LogP contribution in [0.3, 0.4) is 0 Å². The minimum atomic E-state index is -1.03. The first-order chi connectivity index (χ1) is 9.79. The summed E-state index contributed by atoms with van der Waals surface area (Å²) < 4.78 is 4.86. The lowest BCUT2D eigenvalue weighted by molar-refractivity contribution is -0.144. The van der Waals surface area contributed by atoms with Gasteiger partial charge in [-0.1, -0.05) is 0 Å². The highest BCUT2D eigenvalue weighted by Crippen LogP contribution is 2.30. The number of carboxylic acids is 1. The van der Waals surface area contributed by atoms with Crippen molar-refractivity contribution in [3.63, 3.8) is 0 Å². The number of carboxylic acid groups (broad SMARTS) is 1. The van der Waals surface area contributed by atoms with Crippen LogP contribution in [0.25, 0.3) is 0 Å². The quantitative estimate of drug-likeness (QED) is 0.767. The zero-order valence-electron chi connectivity index (χ0n) is 12.7. The third kappa shape index (κ3) is 4.26. The van der Waals surface area contributed by atoms with E-state index in [2.05, 4.69) is 0 Å². The molecule has 1 fully saturated rings. The van der Waals surface area contributed by atoms with Crippen LogP contribution in [0.2, 0.25) is 0 Å². The second kappa shape index (κ2) is 7.53. The summed E-state index contributed by atoms with van der Waals surface area (Å²) in [6.07, 6.45) is 0. The summed E-state index contributed by atoms with van der Waals surface area (Å²) in [6.45, 7) is 7.10. The molecule has 1 rings (SSSR count). The number of esters is 1. The van der Waals surface area contributed by atoms with Gasteiger partial charge in [-0.25, -0.2) is 9.59 Å². The zero-order chi connectivity index (χ0) is 16.2. The summed E-state index contributed by atoms with van der Waals surface area (Å²) in [7, 11) is 0. The Morgan fingerprint density at radius 2 is 2.05 bits per heavy atom. The molecule has 0 aliphatic carbocycles. The first-order valence-electron chi connectivity index (χ1n) is 6.88. The van der Waals surface area contributed by atoms with Crippen molar-refractivity contribution >= 4 is 29.7 Å². The van der Waals surface area contributed by atoms with Crippen molar-refractivity contribution in [3.8, 4) is 0 Å². The molecule has 0 spiro atoms. The average Bonchev–Trinajstić information content (AvgIpc) is 2.77. The number of rotatable bonds is 5. The molecule has 2 unspecified atom stereocenters. The van der Waals surface area contributed by atoms with Crippen molar-refractivity contribution in [3.05, 3.63) is 0 Å². The minimum Gasteiger partial charge on any atom is -0.480 e. The number of urea groups is 1. The van der Waals surface area contributed by atoms with Crippen LogP contribution in [0, 0.1) is 0 Å². The van der Waals surface area contributed by atoms with E-state index >= 15 is 0 Å². The molecule has 120 valence electrons. The Kier molecular flexibility index (Phi) is 6.32. The molecule has 1 aliphatic heterocycles. The molecule has 7 nitrogen and oxygen atoms in total. The smallest absolute Gasteiger partial charge is 0.327 e. The van der Waals surface area contributed by atoms with Crippen LogP contribution in [-0.2, 0) is 14.3 Å². The van der Waals surface area contributed by atoms with Crippen molar-refractivity contribution in [2.75, 3.05) is 18.9 Å². The summed E-state index contributed by atoms with van der Waals surface area (Å²) in [5.41, 5.74) is 0. The molecular weight excluding hydrogens is 296 g/mol. The molecule has 1 saturated heterocycles. The first kappa shape index (κ1) is 17.6. The highest BCUT2D eigenvalue weighted by Gasteiger charge is 2.42. The number of ether oxygens (including phenoxy) is 1. The standard InChI is InChI=1S/C13H22N2O5S/c1-5-20-11(16)6-14(8(2)3)13(19)15-9(4)21-7-10(15)12(17)18/h8-10H,5-7H2,1-4H3,(H,17,18).